The molecular formula is C26H36ClN2O4+. The second-order valence-electron chi connectivity index (χ2n) is 8.51. The highest BCUT2D eigenvalue weighted by molar-refractivity contribution is 6.30. The van der Waals surface area contributed by atoms with Crippen molar-refractivity contribution in [2.45, 2.75) is 47.0 Å². The molecule has 0 heterocycles. The maximum Gasteiger partial charge on any atom is 0.311 e. The molecule has 0 unspecified atom stereocenters. The number of likely N-dealkylation sites (N-methyl/N-ethyl adjacent to an activating group) is 1. The molecule has 0 aliphatic heterocycles. The summed E-state index contributed by atoms with van der Waals surface area (Å²) in [6.45, 7) is 10.3. The molecule has 2 aromatic carbocycles. The van der Waals surface area contributed by atoms with Gasteiger partial charge in [0, 0.05) is 17.1 Å². The third-order valence-corrected chi connectivity index (χ3v) is 6.41. The van der Waals surface area contributed by atoms with E-state index in [0.717, 1.165) is 41.9 Å². The van der Waals surface area contributed by atoms with E-state index in [1.165, 1.54) is 0 Å². The van der Waals surface area contributed by atoms with Gasteiger partial charge < -0.3 is 19.6 Å². The van der Waals surface area contributed by atoms with Gasteiger partial charge in [0.25, 0.3) is 5.91 Å². The lowest BCUT2D eigenvalue weighted by Crippen LogP contribution is -2.53. The quantitative estimate of drug-likeness (QED) is 0.265. The first-order valence-electron chi connectivity index (χ1n) is 11.5. The highest BCUT2D eigenvalue weighted by atomic mass is 35.5. The molecule has 0 fully saturated rings. The van der Waals surface area contributed by atoms with E-state index < -0.39 is 0 Å². The van der Waals surface area contributed by atoms with E-state index in [1.807, 2.05) is 52.0 Å². The van der Waals surface area contributed by atoms with Gasteiger partial charge in [-0.15, -0.1) is 0 Å². The highest BCUT2D eigenvalue weighted by Crippen LogP contribution is 2.27. The molecule has 0 saturated heterocycles. The second kappa shape index (κ2) is 12.7. The van der Waals surface area contributed by atoms with Crippen molar-refractivity contribution in [2.75, 3.05) is 38.1 Å². The topological polar surface area (TPSA) is 75.6 Å². The molecule has 33 heavy (non-hydrogen) atoms. The summed E-state index contributed by atoms with van der Waals surface area (Å²) >= 11 is 5.90. The summed E-state index contributed by atoms with van der Waals surface area (Å²) in [4.78, 5) is 25.0. The monoisotopic (exact) mass is 475 g/mol. The van der Waals surface area contributed by atoms with Crippen LogP contribution in [0, 0.1) is 13.8 Å². The van der Waals surface area contributed by atoms with Crippen LogP contribution in [0.3, 0.4) is 0 Å². The van der Waals surface area contributed by atoms with Crippen molar-refractivity contribution < 1.29 is 23.9 Å². The molecule has 2 N–H and O–H groups in total. The Labute approximate surface area is 202 Å². The smallest absolute Gasteiger partial charge is 0.311 e. The molecule has 2 aromatic rings. The van der Waals surface area contributed by atoms with Gasteiger partial charge in [-0.25, -0.2) is 0 Å². The molecule has 2 rings (SSSR count). The molecule has 0 atom stereocenters. The van der Waals surface area contributed by atoms with Crippen LogP contribution in [0.15, 0.2) is 36.4 Å². The van der Waals surface area contributed by atoms with Gasteiger partial charge in [0.1, 0.15) is 12.3 Å². The van der Waals surface area contributed by atoms with Crippen molar-refractivity contribution in [3.8, 4) is 5.75 Å². The van der Waals surface area contributed by atoms with Crippen molar-refractivity contribution in [1.29, 1.82) is 0 Å². The minimum Gasteiger partial charge on any atom is -0.427 e. The number of quaternary nitrogens is 1. The molecule has 7 heteroatoms. The second-order valence-corrected chi connectivity index (χ2v) is 8.95. The molecule has 1 amide bonds. The van der Waals surface area contributed by atoms with E-state index in [9.17, 15) is 14.7 Å². The van der Waals surface area contributed by atoms with Crippen LogP contribution >= 0.6 is 11.6 Å². The van der Waals surface area contributed by atoms with Crippen LogP contribution in [0.2, 0.25) is 5.02 Å². The van der Waals surface area contributed by atoms with E-state index in [4.69, 9.17) is 16.3 Å². The van der Waals surface area contributed by atoms with Crippen molar-refractivity contribution in [3.05, 3.63) is 58.1 Å². The predicted octanol–water partition coefficient (Wildman–Crippen LogP) is 4.67. The Hall–Kier alpha value is -2.41. The fourth-order valence-electron chi connectivity index (χ4n) is 3.99. The van der Waals surface area contributed by atoms with Gasteiger partial charge >= 0.3 is 5.97 Å². The molecule has 0 aliphatic carbocycles. The zero-order chi connectivity index (χ0) is 24.4. The van der Waals surface area contributed by atoms with Crippen LogP contribution < -0.4 is 10.1 Å². The molecule has 6 nitrogen and oxygen atoms in total. The van der Waals surface area contributed by atoms with Crippen molar-refractivity contribution >= 4 is 29.2 Å². The molecular weight excluding hydrogens is 440 g/mol. The molecule has 0 bridgehead atoms. The van der Waals surface area contributed by atoms with Gasteiger partial charge in [-0.2, -0.15) is 0 Å². The largest absolute Gasteiger partial charge is 0.427 e. The van der Waals surface area contributed by atoms with E-state index in [1.54, 1.807) is 12.1 Å². The van der Waals surface area contributed by atoms with E-state index in [-0.39, 0.29) is 18.5 Å². The summed E-state index contributed by atoms with van der Waals surface area (Å²) in [7, 11) is 0. The number of esters is 1. The van der Waals surface area contributed by atoms with E-state index in [2.05, 4.69) is 5.32 Å². The summed E-state index contributed by atoms with van der Waals surface area (Å²) in [5.74, 6) is 0.105. The van der Waals surface area contributed by atoms with Crippen LogP contribution in [0.1, 0.15) is 43.4 Å². The Morgan fingerprint density at radius 1 is 1.06 bits per heavy atom. The highest BCUT2D eigenvalue weighted by Gasteiger charge is 2.27. The van der Waals surface area contributed by atoms with Crippen LogP contribution in [0.5, 0.6) is 5.75 Å². The number of amides is 1. The normalized spacial score (nSPS) is 11.3. The summed E-state index contributed by atoms with van der Waals surface area (Å²) in [5.41, 5.74) is 3.53. The number of aliphatic hydroxyl groups is 1. The number of nitrogens with zero attached hydrogens (tertiary/aromatic N) is 1. The third kappa shape index (κ3) is 8.14. The van der Waals surface area contributed by atoms with Gasteiger partial charge in [0.05, 0.1) is 19.7 Å². The van der Waals surface area contributed by atoms with Crippen molar-refractivity contribution in [2.24, 2.45) is 0 Å². The summed E-state index contributed by atoms with van der Waals surface area (Å²) < 4.78 is 6.07. The minimum atomic E-state index is -0.281. The fourth-order valence-corrected chi connectivity index (χ4v) is 4.11. The van der Waals surface area contributed by atoms with E-state index >= 15 is 0 Å². The number of carbonyl (C=O) groups is 2. The number of hydrogen-bond donors (Lipinski definition) is 2. The van der Waals surface area contributed by atoms with Crippen LogP contribution in [0.25, 0.3) is 0 Å². The average Bonchev–Trinajstić information content (AvgIpc) is 2.77. The van der Waals surface area contributed by atoms with E-state index in [0.29, 0.717) is 41.2 Å². The van der Waals surface area contributed by atoms with Gasteiger partial charge in [-0.3, -0.25) is 9.59 Å². The molecule has 180 valence electrons. The molecule has 0 aromatic heterocycles. The van der Waals surface area contributed by atoms with Crippen LogP contribution in [0.4, 0.5) is 5.69 Å². The summed E-state index contributed by atoms with van der Waals surface area (Å²) in [5, 5.41) is 13.1. The van der Waals surface area contributed by atoms with Gasteiger partial charge in [0.2, 0.25) is 0 Å². The molecule has 0 aliphatic rings. The van der Waals surface area contributed by atoms with Crippen molar-refractivity contribution in [1.82, 2.24) is 0 Å². The summed E-state index contributed by atoms with van der Waals surface area (Å²) in [6.07, 6.45) is 1.79. The Bertz CT molecular complexity index is 917. The maximum absolute atomic E-state index is 12.7. The average molecular weight is 476 g/mol. The molecule has 0 spiro atoms. The number of hydrogen-bond acceptors (Lipinski definition) is 4. The number of aliphatic hydroxyl groups excluding tert-OH is 1. The zero-order valence-electron chi connectivity index (χ0n) is 20.1. The van der Waals surface area contributed by atoms with Crippen molar-refractivity contribution in [3.63, 3.8) is 0 Å². The number of aryl methyl sites for hydroxylation is 3. The number of rotatable bonds is 12. The Morgan fingerprint density at radius 2 is 1.67 bits per heavy atom. The first-order chi connectivity index (χ1) is 15.7. The first kappa shape index (κ1) is 26.8. The maximum atomic E-state index is 12.7. The number of ether oxygens (including phenoxy) is 1. The predicted molar refractivity (Wildman–Crippen MR) is 133 cm³/mol. The number of nitrogens with one attached hydrogen (secondary N) is 1. The number of anilines is 1. The SMILES string of the molecule is CC[N+](CC)(CCO)CC(=O)Nc1c(C)cc(OC(=O)CCCc2ccc(Cl)cc2)cc1C. The standard InChI is InChI=1S/C26H35ClN2O4/c1-5-29(6-2,14-15-30)18-24(31)28-26-19(3)16-23(17-20(26)4)33-25(32)9-7-8-21-10-12-22(27)13-11-21/h10-13,16-17,30H,5-9,14-15,18H2,1-4H3/p+1. The Kier molecular flexibility index (Phi) is 10.4. The van der Waals surface area contributed by atoms with Crippen LogP contribution in [-0.4, -0.2) is 54.3 Å². The van der Waals surface area contributed by atoms with Gasteiger partial charge in [-0.1, -0.05) is 23.7 Å². The lowest BCUT2D eigenvalue weighted by atomic mass is 10.1. The zero-order valence-corrected chi connectivity index (χ0v) is 20.9. The fraction of sp³-hybridized carbons (Fsp3) is 0.462. The Balaban J connectivity index is 1.94. The number of benzene rings is 2. The lowest BCUT2D eigenvalue weighted by molar-refractivity contribution is -0.917. The van der Waals surface area contributed by atoms with Gasteiger partial charge in [0.15, 0.2) is 6.54 Å². The van der Waals surface area contributed by atoms with Gasteiger partial charge in [-0.05, 0) is 81.5 Å². The molecule has 0 radical (unpaired) electrons. The minimum absolute atomic E-state index is 0.0484. The number of carbonyl (C=O) groups excluding carboxylic acids is 2. The Morgan fingerprint density at radius 3 is 2.21 bits per heavy atom. The third-order valence-electron chi connectivity index (χ3n) is 6.16. The van der Waals surface area contributed by atoms with Crippen LogP contribution in [-0.2, 0) is 16.0 Å². The lowest BCUT2D eigenvalue weighted by Gasteiger charge is -2.35. The summed E-state index contributed by atoms with van der Waals surface area (Å²) in [6, 6.07) is 11.2. The first-order valence-corrected chi connectivity index (χ1v) is 11.9. The molecule has 0 saturated carbocycles. The number of halogens is 1.